The van der Waals surface area contributed by atoms with Crippen LogP contribution in [0.1, 0.15) is 12.2 Å². The van der Waals surface area contributed by atoms with Crippen LogP contribution in [0.2, 0.25) is 0 Å². The fraction of sp³-hybridized carbons (Fsp3) is 0.500. The first kappa shape index (κ1) is 11.6. The van der Waals surface area contributed by atoms with Crippen LogP contribution in [0.5, 0.6) is 0 Å². The molecule has 1 aromatic rings. The minimum absolute atomic E-state index is 0.171. The highest BCUT2D eigenvalue weighted by Crippen LogP contribution is 2.11. The van der Waals surface area contributed by atoms with E-state index in [1.807, 2.05) is 10.8 Å². The first-order valence-electron chi connectivity index (χ1n) is 5.34. The summed E-state index contributed by atoms with van der Waals surface area (Å²) in [5.74, 6) is -0.584. The van der Waals surface area contributed by atoms with Gasteiger partial charge in [0.15, 0.2) is 0 Å². The van der Waals surface area contributed by atoms with Gasteiger partial charge in [0, 0.05) is 25.5 Å². The molecule has 92 valence electrons. The van der Waals surface area contributed by atoms with E-state index >= 15 is 0 Å². The maximum Gasteiger partial charge on any atom is 0.321 e. The number of carboxylic acid groups (broad SMARTS) is 1. The van der Waals surface area contributed by atoms with E-state index in [1.54, 1.807) is 11.1 Å². The molecule has 2 rings (SSSR count). The van der Waals surface area contributed by atoms with Crippen molar-refractivity contribution in [3.05, 3.63) is 18.2 Å². The third-order valence-corrected chi connectivity index (χ3v) is 2.81. The van der Waals surface area contributed by atoms with Crippen molar-refractivity contribution >= 4 is 11.9 Å². The number of hydrogen-bond acceptors (Lipinski definition) is 4. The van der Waals surface area contributed by atoms with Crippen molar-refractivity contribution in [1.29, 1.82) is 0 Å². The van der Waals surface area contributed by atoms with Crippen LogP contribution in [-0.2, 0) is 22.7 Å². The molecule has 1 amide bonds. The zero-order valence-electron chi connectivity index (χ0n) is 9.24. The molecule has 0 aromatic carbocycles. The van der Waals surface area contributed by atoms with Crippen LogP contribution >= 0.6 is 0 Å². The van der Waals surface area contributed by atoms with Gasteiger partial charge in [0.25, 0.3) is 0 Å². The smallest absolute Gasteiger partial charge is 0.321 e. The molecule has 1 aromatic heterocycles. The Morgan fingerprint density at radius 2 is 2.29 bits per heavy atom. The number of aliphatic carboxylic acids is 1. The lowest BCUT2D eigenvalue weighted by Crippen LogP contribution is -2.42. The first-order valence-corrected chi connectivity index (χ1v) is 5.34. The van der Waals surface area contributed by atoms with Gasteiger partial charge in [0.2, 0.25) is 5.91 Å². The average molecular weight is 238 g/mol. The Balaban J connectivity index is 1.96. The number of nitrogens with two attached hydrogens (primary N) is 1. The first-order chi connectivity index (χ1) is 8.08. The average Bonchev–Trinajstić information content (AvgIpc) is 2.75. The molecular formula is C10H14N4O3. The SMILES string of the molecule is N[C@@H](CC(=O)N1CCn2ccnc2C1)C(=O)O. The maximum atomic E-state index is 11.8. The Bertz CT molecular complexity index is 443. The van der Waals surface area contributed by atoms with E-state index in [-0.39, 0.29) is 12.3 Å². The number of nitrogens with zero attached hydrogens (tertiary/aromatic N) is 3. The summed E-state index contributed by atoms with van der Waals surface area (Å²) >= 11 is 0. The van der Waals surface area contributed by atoms with Gasteiger partial charge in [-0.1, -0.05) is 0 Å². The van der Waals surface area contributed by atoms with Crippen LogP contribution in [0, 0.1) is 0 Å². The number of imidazole rings is 1. The topological polar surface area (TPSA) is 101 Å². The molecule has 0 bridgehead atoms. The van der Waals surface area contributed by atoms with Crippen LogP contribution in [0.3, 0.4) is 0 Å². The molecule has 0 radical (unpaired) electrons. The second-order valence-electron chi connectivity index (χ2n) is 4.00. The van der Waals surface area contributed by atoms with E-state index in [9.17, 15) is 9.59 Å². The summed E-state index contributed by atoms with van der Waals surface area (Å²) in [5.41, 5.74) is 5.33. The quantitative estimate of drug-likeness (QED) is 0.705. The molecular weight excluding hydrogens is 224 g/mol. The van der Waals surface area contributed by atoms with E-state index in [2.05, 4.69) is 4.98 Å². The summed E-state index contributed by atoms with van der Waals surface area (Å²) in [6.45, 7) is 1.66. The Morgan fingerprint density at radius 3 is 3.00 bits per heavy atom. The fourth-order valence-electron chi connectivity index (χ4n) is 1.79. The van der Waals surface area contributed by atoms with Crippen LogP contribution < -0.4 is 5.73 Å². The van der Waals surface area contributed by atoms with Gasteiger partial charge in [-0.2, -0.15) is 0 Å². The summed E-state index contributed by atoms with van der Waals surface area (Å²) in [4.78, 5) is 28.1. The van der Waals surface area contributed by atoms with Crippen LogP contribution in [-0.4, -0.2) is 44.0 Å². The standard InChI is InChI=1S/C10H14N4O3/c11-7(10(16)17)5-9(15)14-4-3-13-2-1-12-8(13)6-14/h1-2,7H,3-6,11H2,(H,16,17)/t7-/m0/s1. The van der Waals surface area contributed by atoms with E-state index in [4.69, 9.17) is 10.8 Å². The minimum atomic E-state index is -1.16. The van der Waals surface area contributed by atoms with Gasteiger partial charge >= 0.3 is 5.97 Å². The molecule has 3 N–H and O–H groups in total. The summed E-state index contributed by atoms with van der Waals surface area (Å²) in [7, 11) is 0. The van der Waals surface area contributed by atoms with E-state index < -0.39 is 12.0 Å². The van der Waals surface area contributed by atoms with Gasteiger partial charge in [0.1, 0.15) is 11.9 Å². The molecule has 1 aliphatic rings. The molecule has 0 spiro atoms. The third kappa shape index (κ3) is 2.44. The lowest BCUT2D eigenvalue weighted by atomic mass is 10.2. The minimum Gasteiger partial charge on any atom is -0.480 e. The van der Waals surface area contributed by atoms with Gasteiger partial charge in [-0.25, -0.2) is 4.98 Å². The molecule has 1 aliphatic heterocycles. The summed E-state index contributed by atoms with van der Waals surface area (Å²) in [6.07, 6.45) is 3.38. The molecule has 7 nitrogen and oxygen atoms in total. The number of hydrogen-bond donors (Lipinski definition) is 2. The number of carboxylic acids is 1. The van der Waals surface area contributed by atoms with Crippen molar-refractivity contribution in [2.75, 3.05) is 6.54 Å². The van der Waals surface area contributed by atoms with Crippen molar-refractivity contribution in [2.45, 2.75) is 25.6 Å². The number of carbonyl (C=O) groups excluding carboxylic acids is 1. The predicted molar refractivity (Wildman–Crippen MR) is 57.9 cm³/mol. The zero-order chi connectivity index (χ0) is 12.4. The molecule has 2 heterocycles. The highest BCUT2D eigenvalue weighted by molar-refractivity contribution is 5.84. The van der Waals surface area contributed by atoms with E-state index in [1.165, 1.54) is 0 Å². The van der Waals surface area contributed by atoms with E-state index in [0.29, 0.717) is 19.6 Å². The van der Waals surface area contributed by atoms with Crippen molar-refractivity contribution in [3.8, 4) is 0 Å². The number of carbonyl (C=O) groups is 2. The molecule has 0 fully saturated rings. The van der Waals surface area contributed by atoms with Crippen LogP contribution in [0.25, 0.3) is 0 Å². The fourth-order valence-corrected chi connectivity index (χ4v) is 1.79. The van der Waals surface area contributed by atoms with Gasteiger partial charge in [0.05, 0.1) is 13.0 Å². The maximum absolute atomic E-state index is 11.8. The lowest BCUT2D eigenvalue weighted by molar-refractivity contribution is -0.143. The Labute approximate surface area is 97.8 Å². The van der Waals surface area contributed by atoms with Crippen LogP contribution in [0.15, 0.2) is 12.4 Å². The summed E-state index contributed by atoms with van der Waals surface area (Å²) in [5, 5.41) is 8.64. The van der Waals surface area contributed by atoms with Crippen molar-refractivity contribution in [3.63, 3.8) is 0 Å². The van der Waals surface area contributed by atoms with Gasteiger partial charge in [-0.05, 0) is 0 Å². The molecule has 1 atom stereocenters. The van der Waals surface area contributed by atoms with Crippen molar-refractivity contribution in [1.82, 2.24) is 14.5 Å². The van der Waals surface area contributed by atoms with E-state index in [0.717, 1.165) is 5.82 Å². The highest BCUT2D eigenvalue weighted by Gasteiger charge is 2.24. The molecule has 7 heteroatoms. The van der Waals surface area contributed by atoms with Crippen molar-refractivity contribution < 1.29 is 14.7 Å². The number of aromatic nitrogens is 2. The Kier molecular flexibility index (Phi) is 3.10. The largest absolute Gasteiger partial charge is 0.480 e. The monoisotopic (exact) mass is 238 g/mol. The lowest BCUT2D eigenvalue weighted by Gasteiger charge is -2.28. The summed E-state index contributed by atoms with van der Waals surface area (Å²) in [6, 6.07) is -1.14. The van der Waals surface area contributed by atoms with Crippen LogP contribution in [0.4, 0.5) is 0 Å². The molecule has 17 heavy (non-hydrogen) atoms. The number of fused-ring (bicyclic) bond motifs is 1. The molecule has 0 aliphatic carbocycles. The number of amides is 1. The third-order valence-electron chi connectivity index (χ3n) is 2.81. The Hall–Kier alpha value is -1.89. The van der Waals surface area contributed by atoms with Gasteiger partial charge in [-0.3, -0.25) is 9.59 Å². The molecule has 0 unspecified atom stereocenters. The van der Waals surface area contributed by atoms with Gasteiger partial charge in [-0.15, -0.1) is 0 Å². The predicted octanol–water partition coefficient (Wildman–Crippen LogP) is -0.973. The molecule has 0 saturated heterocycles. The second kappa shape index (κ2) is 4.54. The normalized spacial score (nSPS) is 16.4. The highest BCUT2D eigenvalue weighted by atomic mass is 16.4. The van der Waals surface area contributed by atoms with Crippen molar-refractivity contribution in [2.24, 2.45) is 5.73 Å². The number of rotatable bonds is 3. The Morgan fingerprint density at radius 1 is 1.53 bits per heavy atom. The van der Waals surface area contributed by atoms with Gasteiger partial charge < -0.3 is 20.3 Å². The molecule has 0 saturated carbocycles. The second-order valence-corrected chi connectivity index (χ2v) is 4.00. The summed E-state index contributed by atoms with van der Waals surface area (Å²) < 4.78 is 1.97. The zero-order valence-corrected chi connectivity index (χ0v) is 9.24.